The lowest BCUT2D eigenvalue weighted by atomic mass is 9.77. The van der Waals surface area contributed by atoms with Crippen LogP contribution in [0.4, 0.5) is 16.2 Å². The summed E-state index contributed by atoms with van der Waals surface area (Å²) in [6.45, 7) is 1.32. The summed E-state index contributed by atoms with van der Waals surface area (Å²) in [4.78, 5) is 25.2. The first kappa shape index (κ1) is 12.9. The second-order valence-corrected chi connectivity index (χ2v) is 5.39. The van der Waals surface area contributed by atoms with Crippen LogP contribution in [0.25, 0.3) is 0 Å². The van der Waals surface area contributed by atoms with E-state index in [2.05, 4.69) is 10.6 Å². The van der Waals surface area contributed by atoms with Gasteiger partial charge in [-0.15, -0.1) is 0 Å². The van der Waals surface area contributed by atoms with Crippen LogP contribution >= 0.6 is 0 Å². The van der Waals surface area contributed by atoms with Gasteiger partial charge in [-0.25, -0.2) is 4.79 Å². The van der Waals surface area contributed by atoms with E-state index in [1.807, 2.05) is 12.1 Å². The zero-order valence-electron chi connectivity index (χ0n) is 11.2. The highest BCUT2D eigenvalue weighted by Gasteiger charge is 2.40. The number of carbonyl (C=O) groups is 2. The predicted molar refractivity (Wildman–Crippen MR) is 76.6 cm³/mol. The second kappa shape index (κ2) is 4.79. The molecule has 20 heavy (non-hydrogen) atoms. The van der Waals surface area contributed by atoms with Crippen LogP contribution < -0.4 is 21.3 Å². The summed E-state index contributed by atoms with van der Waals surface area (Å²) in [5.41, 5.74) is 6.79. The van der Waals surface area contributed by atoms with Crippen LogP contribution in [0, 0.1) is 0 Å². The lowest BCUT2D eigenvalue weighted by Gasteiger charge is -2.36. The first-order valence-electron chi connectivity index (χ1n) is 6.84. The summed E-state index contributed by atoms with van der Waals surface area (Å²) in [7, 11) is 0. The van der Waals surface area contributed by atoms with Crippen LogP contribution in [0.2, 0.25) is 0 Å². The largest absolute Gasteiger partial charge is 0.336 e. The Morgan fingerprint density at radius 1 is 1.30 bits per heavy atom. The molecule has 0 atom stereocenters. The standard InChI is InChI=1S/C14H18N4O2/c15-14(6-1-7-14)12(19)17-10-2-4-11(5-3-10)18-9-8-16-13(18)20/h2-5H,1,6-9,15H2,(H,16,20)(H,17,19). The van der Waals surface area contributed by atoms with Gasteiger partial charge in [0.25, 0.3) is 0 Å². The fourth-order valence-electron chi connectivity index (χ4n) is 2.48. The third kappa shape index (κ3) is 2.22. The van der Waals surface area contributed by atoms with E-state index >= 15 is 0 Å². The van der Waals surface area contributed by atoms with Gasteiger partial charge in [-0.05, 0) is 43.5 Å². The molecule has 0 unspecified atom stereocenters. The molecule has 1 saturated heterocycles. The van der Waals surface area contributed by atoms with E-state index < -0.39 is 5.54 Å². The van der Waals surface area contributed by atoms with Crippen molar-refractivity contribution in [3.05, 3.63) is 24.3 Å². The van der Waals surface area contributed by atoms with Crippen molar-refractivity contribution in [3.63, 3.8) is 0 Å². The van der Waals surface area contributed by atoms with E-state index in [9.17, 15) is 9.59 Å². The van der Waals surface area contributed by atoms with Crippen molar-refractivity contribution >= 4 is 23.3 Å². The highest BCUT2D eigenvalue weighted by Crippen LogP contribution is 2.30. The molecule has 1 aliphatic carbocycles. The van der Waals surface area contributed by atoms with Gasteiger partial charge in [0.2, 0.25) is 5.91 Å². The molecule has 1 saturated carbocycles. The zero-order valence-corrected chi connectivity index (χ0v) is 11.2. The number of hydrogen-bond acceptors (Lipinski definition) is 3. The Bertz CT molecular complexity index is 537. The number of nitrogens with zero attached hydrogens (tertiary/aromatic N) is 1. The van der Waals surface area contributed by atoms with Crippen LogP contribution in [0.3, 0.4) is 0 Å². The summed E-state index contributed by atoms with van der Waals surface area (Å²) < 4.78 is 0. The van der Waals surface area contributed by atoms with Crippen LogP contribution in [-0.2, 0) is 4.79 Å². The quantitative estimate of drug-likeness (QED) is 0.769. The monoisotopic (exact) mass is 274 g/mol. The summed E-state index contributed by atoms with van der Waals surface area (Å²) in [5.74, 6) is -0.129. The van der Waals surface area contributed by atoms with Gasteiger partial charge < -0.3 is 16.4 Å². The van der Waals surface area contributed by atoms with E-state index in [1.165, 1.54) is 0 Å². The van der Waals surface area contributed by atoms with Crippen LogP contribution in [0.5, 0.6) is 0 Å². The Morgan fingerprint density at radius 3 is 2.50 bits per heavy atom. The molecule has 3 amide bonds. The van der Waals surface area contributed by atoms with Gasteiger partial charge >= 0.3 is 6.03 Å². The van der Waals surface area contributed by atoms with Gasteiger partial charge in [0.05, 0.1) is 5.54 Å². The maximum absolute atomic E-state index is 12.0. The predicted octanol–water partition coefficient (Wildman–Crippen LogP) is 1.04. The third-order valence-electron chi connectivity index (χ3n) is 3.99. The average molecular weight is 274 g/mol. The Kier molecular flexibility index (Phi) is 3.10. The van der Waals surface area contributed by atoms with E-state index in [0.29, 0.717) is 18.8 Å². The number of nitrogens with one attached hydrogen (secondary N) is 2. The fraction of sp³-hybridized carbons (Fsp3) is 0.429. The first-order valence-corrected chi connectivity index (χ1v) is 6.84. The molecule has 2 fully saturated rings. The maximum atomic E-state index is 12.0. The SMILES string of the molecule is NC1(C(=O)Nc2ccc(N3CCNC3=O)cc2)CCC1. The zero-order chi connectivity index (χ0) is 14.2. The number of carbonyl (C=O) groups excluding carboxylic acids is 2. The van der Waals surface area contributed by atoms with E-state index in [4.69, 9.17) is 5.73 Å². The molecule has 1 aliphatic heterocycles. The van der Waals surface area contributed by atoms with Gasteiger partial charge in [-0.2, -0.15) is 0 Å². The van der Waals surface area contributed by atoms with Crippen molar-refractivity contribution in [2.45, 2.75) is 24.8 Å². The van der Waals surface area contributed by atoms with Gasteiger partial charge in [-0.3, -0.25) is 9.69 Å². The Labute approximate surface area is 117 Å². The minimum atomic E-state index is -0.701. The van der Waals surface area contributed by atoms with E-state index in [-0.39, 0.29) is 11.9 Å². The number of anilines is 2. The van der Waals surface area contributed by atoms with E-state index in [0.717, 1.165) is 24.9 Å². The molecule has 6 nitrogen and oxygen atoms in total. The van der Waals surface area contributed by atoms with E-state index in [1.54, 1.807) is 17.0 Å². The minimum absolute atomic E-state index is 0.0860. The second-order valence-electron chi connectivity index (χ2n) is 5.39. The first-order chi connectivity index (χ1) is 9.58. The lowest BCUT2D eigenvalue weighted by molar-refractivity contribution is -0.123. The molecule has 0 aromatic heterocycles. The Balaban J connectivity index is 1.67. The fourth-order valence-corrected chi connectivity index (χ4v) is 2.48. The molecular formula is C14H18N4O2. The molecule has 1 aromatic carbocycles. The molecule has 3 rings (SSSR count). The lowest BCUT2D eigenvalue weighted by Crippen LogP contribution is -2.56. The molecule has 6 heteroatoms. The van der Waals surface area contributed by atoms with Gasteiger partial charge in [-0.1, -0.05) is 0 Å². The Morgan fingerprint density at radius 2 is 2.00 bits per heavy atom. The highest BCUT2D eigenvalue weighted by atomic mass is 16.2. The molecule has 0 bridgehead atoms. The highest BCUT2D eigenvalue weighted by molar-refractivity contribution is 5.99. The molecule has 2 aliphatic rings. The van der Waals surface area contributed by atoms with Crippen molar-refractivity contribution in [2.24, 2.45) is 5.73 Å². The summed E-state index contributed by atoms with van der Waals surface area (Å²) in [5, 5.41) is 5.58. The number of hydrogen-bond donors (Lipinski definition) is 3. The average Bonchev–Trinajstić information content (AvgIpc) is 2.83. The molecular weight excluding hydrogens is 256 g/mol. The molecule has 4 N–H and O–H groups in total. The van der Waals surface area contributed by atoms with Crippen molar-refractivity contribution < 1.29 is 9.59 Å². The van der Waals surface area contributed by atoms with Gasteiger partial charge in [0.15, 0.2) is 0 Å². The van der Waals surface area contributed by atoms with Crippen molar-refractivity contribution in [3.8, 4) is 0 Å². The van der Waals surface area contributed by atoms with Crippen molar-refractivity contribution in [2.75, 3.05) is 23.3 Å². The normalized spacial score (nSPS) is 20.2. The number of rotatable bonds is 3. The van der Waals surface area contributed by atoms with Crippen LogP contribution in [-0.4, -0.2) is 30.6 Å². The van der Waals surface area contributed by atoms with Crippen LogP contribution in [0.15, 0.2) is 24.3 Å². The van der Waals surface area contributed by atoms with Gasteiger partial charge in [0, 0.05) is 24.5 Å². The molecule has 1 aromatic rings. The Hall–Kier alpha value is -2.08. The smallest absolute Gasteiger partial charge is 0.321 e. The summed E-state index contributed by atoms with van der Waals surface area (Å²) in [6, 6.07) is 7.15. The molecule has 0 radical (unpaired) electrons. The van der Waals surface area contributed by atoms with Crippen LogP contribution in [0.1, 0.15) is 19.3 Å². The number of urea groups is 1. The summed E-state index contributed by atoms with van der Waals surface area (Å²) in [6.07, 6.45) is 2.49. The number of benzene rings is 1. The topological polar surface area (TPSA) is 87.5 Å². The minimum Gasteiger partial charge on any atom is -0.336 e. The third-order valence-corrected chi connectivity index (χ3v) is 3.99. The molecule has 1 heterocycles. The summed E-state index contributed by atoms with van der Waals surface area (Å²) >= 11 is 0. The van der Waals surface area contributed by atoms with Crippen molar-refractivity contribution in [1.29, 1.82) is 0 Å². The van der Waals surface area contributed by atoms with Crippen molar-refractivity contribution in [1.82, 2.24) is 5.32 Å². The molecule has 106 valence electrons. The molecule has 0 spiro atoms. The number of nitrogens with two attached hydrogens (primary N) is 1. The number of amides is 3. The maximum Gasteiger partial charge on any atom is 0.321 e. The van der Waals surface area contributed by atoms with Gasteiger partial charge in [0.1, 0.15) is 0 Å².